The van der Waals surface area contributed by atoms with E-state index < -0.39 is 0 Å². The van der Waals surface area contributed by atoms with Gasteiger partial charge in [-0.25, -0.2) is 0 Å². The van der Waals surface area contributed by atoms with Crippen LogP contribution in [-0.4, -0.2) is 22.5 Å². The molecule has 1 amide bonds. The lowest BCUT2D eigenvalue weighted by Crippen LogP contribution is -2.26. The first-order valence-electron chi connectivity index (χ1n) is 8.87. The molecule has 3 aromatic rings. The molecule has 1 aliphatic rings. The molecule has 1 aliphatic heterocycles. The maximum absolute atomic E-state index is 12.2. The third-order valence-electron chi connectivity index (χ3n) is 4.30. The van der Waals surface area contributed by atoms with Gasteiger partial charge >= 0.3 is 0 Å². The van der Waals surface area contributed by atoms with Gasteiger partial charge in [-0.2, -0.15) is 5.10 Å². The van der Waals surface area contributed by atoms with Crippen LogP contribution in [0.1, 0.15) is 11.3 Å². The number of hydrogen-bond donors (Lipinski definition) is 1. The van der Waals surface area contributed by atoms with Gasteiger partial charge in [0.2, 0.25) is 5.91 Å². The molecule has 0 aliphatic carbocycles. The predicted molar refractivity (Wildman–Crippen MR) is 124 cm³/mol. The molecule has 4 rings (SSSR count). The lowest BCUT2D eigenvalue weighted by molar-refractivity contribution is -0.118. The molecule has 5 nitrogen and oxygen atoms in total. The van der Waals surface area contributed by atoms with Gasteiger partial charge in [0.25, 0.3) is 0 Å². The third kappa shape index (κ3) is 4.90. The van der Waals surface area contributed by atoms with E-state index in [1.54, 1.807) is 24.3 Å². The average Bonchev–Trinajstić information content (AvgIpc) is 3.31. The minimum absolute atomic E-state index is 0.140. The van der Waals surface area contributed by atoms with Crippen molar-refractivity contribution in [1.82, 2.24) is 5.32 Å². The van der Waals surface area contributed by atoms with Gasteiger partial charge in [0.15, 0.2) is 5.17 Å². The Balaban J connectivity index is 1.41. The van der Waals surface area contributed by atoms with E-state index in [1.807, 2.05) is 30.3 Å². The zero-order valence-electron chi connectivity index (χ0n) is 15.3. The number of halogens is 3. The van der Waals surface area contributed by atoms with E-state index >= 15 is 0 Å². The van der Waals surface area contributed by atoms with Crippen LogP contribution in [0.25, 0.3) is 11.3 Å². The van der Waals surface area contributed by atoms with Gasteiger partial charge in [0.1, 0.15) is 11.5 Å². The first-order chi connectivity index (χ1) is 14.5. The van der Waals surface area contributed by atoms with Crippen LogP contribution < -0.4 is 5.32 Å². The second kappa shape index (κ2) is 9.27. The number of carbonyl (C=O) groups excluding carboxylic acids is 1. The molecule has 0 spiro atoms. The summed E-state index contributed by atoms with van der Waals surface area (Å²) < 4.78 is 5.74. The fourth-order valence-electron chi connectivity index (χ4n) is 2.84. The number of amidine groups is 1. The zero-order chi connectivity index (χ0) is 21.1. The van der Waals surface area contributed by atoms with Crippen LogP contribution in [0.5, 0.6) is 0 Å². The van der Waals surface area contributed by atoms with Crippen molar-refractivity contribution in [3.05, 3.63) is 81.0 Å². The summed E-state index contributed by atoms with van der Waals surface area (Å²) in [6, 6.07) is 16.2. The Morgan fingerprint density at radius 3 is 2.70 bits per heavy atom. The minimum Gasteiger partial charge on any atom is -0.455 e. The number of nitrogens with zero attached hydrogens (tertiary/aromatic N) is 2. The number of nitrogens with one attached hydrogen (secondary N) is 1. The number of thioether (sulfide) groups is 1. The van der Waals surface area contributed by atoms with E-state index in [0.717, 1.165) is 11.1 Å². The highest BCUT2D eigenvalue weighted by Crippen LogP contribution is 2.29. The average molecular weight is 479 g/mol. The standard InChI is InChI=1S/C21H14Cl3N3O2S/c22-13-6-5-12(17(24)10-13)9-19-20(28)26-21(30-19)27-25-11-14-7-8-18(29-14)15-3-1-2-4-16(15)23/h1-8,10-11,19H,9H2,(H,26,27,28)/b25-11+. The molecule has 0 saturated carbocycles. The topological polar surface area (TPSA) is 67.0 Å². The molecule has 0 radical (unpaired) electrons. The summed E-state index contributed by atoms with van der Waals surface area (Å²) in [5, 5.41) is 12.6. The van der Waals surface area contributed by atoms with Gasteiger partial charge in [0, 0.05) is 15.6 Å². The normalized spacial score (nSPS) is 17.8. The number of carbonyl (C=O) groups is 1. The van der Waals surface area contributed by atoms with E-state index in [0.29, 0.717) is 38.2 Å². The lowest BCUT2D eigenvalue weighted by Gasteiger charge is -2.07. The SMILES string of the molecule is O=C1N/C(=N\N=C\c2ccc(-c3ccccc3Cl)o2)SC1Cc1ccc(Cl)cc1Cl. The van der Waals surface area contributed by atoms with Crippen LogP contribution in [0.3, 0.4) is 0 Å². The van der Waals surface area contributed by atoms with Crippen molar-refractivity contribution in [2.45, 2.75) is 11.7 Å². The lowest BCUT2D eigenvalue weighted by atomic mass is 10.1. The molecule has 1 unspecified atom stereocenters. The van der Waals surface area contributed by atoms with Crippen LogP contribution in [0.2, 0.25) is 15.1 Å². The van der Waals surface area contributed by atoms with Crippen LogP contribution in [0.15, 0.2) is 69.2 Å². The molecular weight excluding hydrogens is 465 g/mol. The van der Waals surface area contributed by atoms with Crippen molar-refractivity contribution in [3.8, 4) is 11.3 Å². The Hall–Kier alpha value is -2.25. The Bertz CT molecular complexity index is 1160. The minimum atomic E-state index is -0.340. The Morgan fingerprint density at radius 1 is 1.07 bits per heavy atom. The molecule has 1 saturated heterocycles. The molecule has 0 bridgehead atoms. The quantitative estimate of drug-likeness (QED) is 0.357. The maximum Gasteiger partial charge on any atom is 0.239 e. The molecule has 1 N–H and O–H groups in total. The van der Waals surface area contributed by atoms with Crippen molar-refractivity contribution in [1.29, 1.82) is 0 Å². The summed E-state index contributed by atoms with van der Waals surface area (Å²) in [5.74, 6) is 1.02. The summed E-state index contributed by atoms with van der Waals surface area (Å²) >= 11 is 19.6. The van der Waals surface area contributed by atoms with E-state index in [9.17, 15) is 4.79 Å². The molecular formula is C21H14Cl3N3O2S. The Morgan fingerprint density at radius 2 is 1.90 bits per heavy atom. The van der Waals surface area contributed by atoms with E-state index in [1.165, 1.54) is 18.0 Å². The van der Waals surface area contributed by atoms with Gasteiger partial charge in [-0.15, -0.1) is 5.10 Å². The number of amides is 1. The summed E-state index contributed by atoms with van der Waals surface area (Å²) in [4.78, 5) is 12.2. The fourth-order valence-corrected chi connectivity index (χ4v) is 4.51. The number of hydrogen-bond acceptors (Lipinski definition) is 5. The molecule has 1 atom stereocenters. The summed E-state index contributed by atoms with van der Waals surface area (Å²) in [5.41, 5.74) is 1.65. The molecule has 1 aromatic heterocycles. The Labute approximate surface area is 192 Å². The van der Waals surface area contributed by atoms with Crippen LogP contribution in [-0.2, 0) is 11.2 Å². The number of rotatable bonds is 5. The first kappa shape index (κ1) is 21.0. The molecule has 2 aromatic carbocycles. The third-order valence-corrected chi connectivity index (χ3v) is 6.29. The maximum atomic E-state index is 12.2. The van der Waals surface area contributed by atoms with Gasteiger partial charge in [-0.3, -0.25) is 4.79 Å². The molecule has 1 fully saturated rings. The van der Waals surface area contributed by atoms with Crippen LogP contribution in [0.4, 0.5) is 0 Å². The van der Waals surface area contributed by atoms with Gasteiger partial charge < -0.3 is 9.73 Å². The smallest absolute Gasteiger partial charge is 0.239 e. The van der Waals surface area contributed by atoms with E-state index in [2.05, 4.69) is 15.5 Å². The van der Waals surface area contributed by atoms with Crippen LogP contribution in [0, 0.1) is 0 Å². The van der Waals surface area contributed by atoms with Crippen molar-refractivity contribution >= 4 is 63.9 Å². The molecule has 30 heavy (non-hydrogen) atoms. The van der Waals surface area contributed by atoms with Gasteiger partial charge in [-0.05, 0) is 48.4 Å². The van der Waals surface area contributed by atoms with Gasteiger partial charge in [0.05, 0.1) is 16.5 Å². The molecule has 152 valence electrons. The molecule has 9 heteroatoms. The number of furan rings is 1. The summed E-state index contributed by atoms with van der Waals surface area (Å²) in [6.45, 7) is 0. The van der Waals surface area contributed by atoms with Crippen molar-refractivity contribution in [2.24, 2.45) is 10.2 Å². The summed E-state index contributed by atoms with van der Waals surface area (Å²) in [6.07, 6.45) is 1.94. The van der Waals surface area contributed by atoms with Gasteiger partial charge in [-0.1, -0.05) is 64.8 Å². The predicted octanol–water partition coefficient (Wildman–Crippen LogP) is 6.07. The van der Waals surface area contributed by atoms with Crippen molar-refractivity contribution < 1.29 is 9.21 Å². The molecule has 2 heterocycles. The van der Waals surface area contributed by atoms with Crippen molar-refractivity contribution in [2.75, 3.05) is 0 Å². The largest absolute Gasteiger partial charge is 0.455 e. The van der Waals surface area contributed by atoms with Crippen LogP contribution >= 0.6 is 46.6 Å². The second-order valence-electron chi connectivity index (χ2n) is 6.37. The first-order valence-corrected chi connectivity index (χ1v) is 10.9. The van der Waals surface area contributed by atoms with E-state index in [4.69, 9.17) is 39.2 Å². The highest BCUT2D eigenvalue weighted by molar-refractivity contribution is 8.15. The zero-order valence-corrected chi connectivity index (χ0v) is 18.4. The number of benzene rings is 2. The highest BCUT2D eigenvalue weighted by atomic mass is 35.5. The van der Waals surface area contributed by atoms with Crippen molar-refractivity contribution in [3.63, 3.8) is 0 Å². The monoisotopic (exact) mass is 477 g/mol. The highest BCUT2D eigenvalue weighted by Gasteiger charge is 2.31. The second-order valence-corrected chi connectivity index (χ2v) is 8.81. The van der Waals surface area contributed by atoms with E-state index in [-0.39, 0.29) is 11.2 Å². The Kier molecular flexibility index (Phi) is 6.49. The summed E-state index contributed by atoms with van der Waals surface area (Å²) in [7, 11) is 0. The fraction of sp³-hybridized carbons (Fsp3) is 0.0952.